The van der Waals surface area contributed by atoms with Crippen molar-refractivity contribution in [2.45, 2.75) is 402 Å². The van der Waals surface area contributed by atoms with Crippen LogP contribution in [0.3, 0.4) is 0 Å². The fourth-order valence-electron chi connectivity index (χ4n) is 12.9. The molecule has 0 aromatic rings. The summed E-state index contributed by atoms with van der Waals surface area (Å²) in [5.41, 5.74) is 0. The second-order valence-electron chi connectivity index (χ2n) is 28.2. The smallest absolute Gasteiger partial charge is 0.220 e. The minimum absolute atomic E-state index is 0.210. The first-order valence-electron chi connectivity index (χ1n) is 40.6. The van der Waals surface area contributed by atoms with E-state index in [1.807, 2.05) is 0 Å². The highest BCUT2D eigenvalue weighted by Gasteiger charge is 2.51. The molecule has 0 spiro atoms. The van der Waals surface area contributed by atoms with Crippen LogP contribution < -0.4 is 5.32 Å². The van der Waals surface area contributed by atoms with Crippen LogP contribution in [0.25, 0.3) is 0 Å². The van der Waals surface area contributed by atoms with Crippen LogP contribution in [0.1, 0.15) is 328 Å². The number of aliphatic hydroxyl groups is 8. The van der Waals surface area contributed by atoms with Gasteiger partial charge in [-0.2, -0.15) is 0 Å². The van der Waals surface area contributed by atoms with Gasteiger partial charge in [-0.15, -0.1) is 0 Å². The number of ether oxygens (including phenoxy) is 4. The number of allylic oxidation sites excluding steroid dienone is 18. The summed E-state index contributed by atoms with van der Waals surface area (Å²) in [4.78, 5) is 13.4. The topological polar surface area (TPSA) is 228 Å². The van der Waals surface area contributed by atoms with E-state index in [1.165, 1.54) is 186 Å². The van der Waals surface area contributed by atoms with E-state index in [9.17, 15) is 45.6 Å². The van der Waals surface area contributed by atoms with E-state index in [0.29, 0.717) is 19.3 Å². The number of carbonyl (C=O) groups is 1. The van der Waals surface area contributed by atoms with Crippen LogP contribution in [-0.2, 0) is 23.7 Å². The highest BCUT2D eigenvalue weighted by Crippen LogP contribution is 2.30. The summed E-state index contributed by atoms with van der Waals surface area (Å²) < 4.78 is 23.0. The summed E-state index contributed by atoms with van der Waals surface area (Å²) in [5.74, 6) is -0.210. The van der Waals surface area contributed by atoms with Crippen LogP contribution in [0.5, 0.6) is 0 Å². The van der Waals surface area contributed by atoms with Crippen LogP contribution in [0, 0.1) is 0 Å². The Hall–Kier alpha value is -3.35. The van der Waals surface area contributed by atoms with Crippen LogP contribution >= 0.6 is 0 Å². The molecule has 14 heteroatoms. The van der Waals surface area contributed by atoms with Crippen molar-refractivity contribution in [3.8, 4) is 0 Å². The van der Waals surface area contributed by atoms with Gasteiger partial charge >= 0.3 is 0 Å². The zero-order valence-corrected chi connectivity index (χ0v) is 62.7. The summed E-state index contributed by atoms with van der Waals surface area (Å²) >= 11 is 0. The maximum Gasteiger partial charge on any atom is 0.220 e. The predicted molar refractivity (Wildman–Crippen MR) is 410 cm³/mol. The van der Waals surface area contributed by atoms with Gasteiger partial charge in [-0.1, -0.05) is 348 Å². The van der Waals surface area contributed by atoms with E-state index < -0.39 is 86.8 Å². The molecular formula is C85H149NO13. The number of hydrogen-bond donors (Lipinski definition) is 9. The molecule has 2 fully saturated rings. The quantitative estimate of drug-likeness (QED) is 0.0204. The van der Waals surface area contributed by atoms with Gasteiger partial charge in [0.25, 0.3) is 0 Å². The van der Waals surface area contributed by atoms with Crippen molar-refractivity contribution in [2.75, 3.05) is 19.8 Å². The predicted octanol–water partition coefficient (Wildman–Crippen LogP) is 18.6. The molecule has 0 bridgehead atoms. The lowest BCUT2D eigenvalue weighted by atomic mass is 9.97. The minimum atomic E-state index is -1.79. The van der Waals surface area contributed by atoms with Crippen molar-refractivity contribution >= 4 is 5.91 Å². The van der Waals surface area contributed by atoms with Crippen LogP contribution in [0.4, 0.5) is 0 Å². The lowest BCUT2D eigenvalue weighted by molar-refractivity contribution is -0.359. The Morgan fingerprint density at radius 2 is 0.697 bits per heavy atom. The van der Waals surface area contributed by atoms with E-state index in [4.69, 9.17) is 18.9 Å². The molecule has 12 unspecified atom stereocenters. The second-order valence-corrected chi connectivity index (χ2v) is 28.2. The molecule has 1 amide bonds. The van der Waals surface area contributed by atoms with Gasteiger partial charge in [-0.3, -0.25) is 4.79 Å². The van der Waals surface area contributed by atoms with Gasteiger partial charge in [0, 0.05) is 6.42 Å². The zero-order valence-electron chi connectivity index (χ0n) is 62.7. The number of aliphatic hydroxyl groups excluding tert-OH is 8. The first kappa shape index (κ1) is 91.7. The van der Waals surface area contributed by atoms with E-state index in [-0.39, 0.29) is 12.5 Å². The highest BCUT2D eigenvalue weighted by atomic mass is 16.7. The Morgan fingerprint density at radius 3 is 1.07 bits per heavy atom. The Labute approximate surface area is 604 Å². The standard InChI is InChI=1S/C85H149NO13/c1-3-5-7-9-11-13-15-17-19-21-23-25-27-29-31-32-33-34-35-36-37-38-39-40-41-42-43-45-47-49-51-53-55-57-59-61-63-65-67-69-77(90)86-73(72-96-84-82(95)80(93)83(76(71-88)98-84)99-85-81(94)79(92)78(91)75(70-87)97-85)74(89)68-66-64-62-60-58-56-54-52-50-48-46-44-30-28-26-24-22-20-18-16-14-12-10-8-6-4-2/h5,7,11,13,17,19,23,25,29,31,33-34,36-37,39-40,42-43,73-76,78-85,87-89,91-95H,3-4,6,8-10,12,14-16,18,20-22,24,26-28,30,32,35,38,41,44-72H2,1-2H3,(H,86,90)/b7-5-,13-11-,19-17-,25-23-,31-29-,34-33-,37-36-,40-39-,43-42-. The summed E-state index contributed by atoms with van der Waals surface area (Å²) in [7, 11) is 0. The first-order chi connectivity index (χ1) is 48.6. The first-order valence-corrected chi connectivity index (χ1v) is 40.6. The van der Waals surface area contributed by atoms with Gasteiger partial charge in [0.2, 0.25) is 5.91 Å². The number of unbranched alkanes of at least 4 members (excludes halogenated alkanes) is 36. The summed E-state index contributed by atoms with van der Waals surface area (Å²) in [5, 5.41) is 87.9. The van der Waals surface area contributed by atoms with Gasteiger partial charge in [-0.25, -0.2) is 0 Å². The van der Waals surface area contributed by atoms with E-state index in [2.05, 4.69) is 129 Å². The maximum absolute atomic E-state index is 13.4. The number of nitrogens with one attached hydrogen (secondary N) is 1. The maximum atomic E-state index is 13.4. The molecule has 0 aromatic heterocycles. The Kier molecular flexibility index (Phi) is 62.8. The molecule has 2 aliphatic heterocycles. The van der Waals surface area contributed by atoms with Crippen molar-refractivity contribution in [3.63, 3.8) is 0 Å². The highest BCUT2D eigenvalue weighted by molar-refractivity contribution is 5.76. The zero-order chi connectivity index (χ0) is 71.5. The fraction of sp³-hybridized carbons (Fsp3) is 0.776. The van der Waals surface area contributed by atoms with E-state index in [1.54, 1.807) is 0 Å². The Bertz CT molecular complexity index is 2080. The molecule has 0 saturated carbocycles. The third-order valence-electron chi connectivity index (χ3n) is 19.3. The van der Waals surface area contributed by atoms with E-state index >= 15 is 0 Å². The Balaban J connectivity index is 1.61. The monoisotopic (exact) mass is 1390 g/mol. The average molecular weight is 1390 g/mol. The van der Waals surface area contributed by atoms with Crippen LogP contribution in [0.2, 0.25) is 0 Å². The third-order valence-corrected chi connectivity index (χ3v) is 19.3. The van der Waals surface area contributed by atoms with Crippen molar-refractivity contribution in [1.29, 1.82) is 0 Å². The molecule has 572 valence electrons. The van der Waals surface area contributed by atoms with Gasteiger partial charge in [0.05, 0.1) is 32.0 Å². The van der Waals surface area contributed by atoms with Crippen molar-refractivity contribution in [3.05, 3.63) is 109 Å². The summed E-state index contributed by atoms with van der Waals surface area (Å²) in [6.45, 7) is 2.78. The van der Waals surface area contributed by atoms with Gasteiger partial charge in [0.15, 0.2) is 12.6 Å². The van der Waals surface area contributed by atoms with Crippen molar-refractivity contribution in [2.24, 2.45) is 0 Å². The molecule has 0 radical (unpaired) electrons. The average Bonchev–Trinajstić information content (AvgIpc) is 0.794. The molecule has 14 nitrogen and oxygen atoms in total. The van der Waals surface area contributed by atoms with Crippen molar-refractivity contribution < 1.29 is 64.6 Å². The van der Waals surface area contributed by atoms with Crippen molar-refractivity contribution in [1.82, 2.24) is 5.32 Å². The molecule has 0 aromatic carbocycles. The molecule has 2 saturated heterocycles. The number of hydrogen-bond acceptors (Lipinski definition) is 13. The van der Waals surface area contributed by atoms with Crippen LogP contribution in [0.15, 0.2) is 109 Å². The molecule has 0 aliphatic carbocycles. The lowest BCUT2D eigenvalue weighted by Crippen LogP contribution is -2.65. The molecule has 9 N–H and O–H groups in total. The number of amides is 1. The molecule has 2 aliphatic rings. The third kappa shape index (κ3) is 50.7. The van der Waals surface area contributed by atoms with Crippen LogP contribution in [-0.4, -0.2) is 140 Å². The minimum Gasteiger partial charge on any atom is -0.394 e. The largest absolute Gasteiger partial charge is 0.394 e. The second kappa shape index (κ2) is 67.8. The van der Waals surface area contributed by atoms with Gasteiger partial charge in [-0.05, 0) is 83.5 Å². The van der Waals surface area contributed by atoms with Gasteiger partial charge < -0.3 is 65.1 Å². The Morgan fingerprint density at radius 1 is 0.374 bits per heavy atom. The SMILES string of the molecule is CC/C=C\C/C=C\C/C=C\C/C=C\C/C=C\C/C=C\C/C=C\C/C=C\C/C=C\CCCCCCCCCCCCCC(=O)NC(COC1OC(CO)C(OC2OC(CO)C(O)C(O)C2O)C(O)C1O)C(O)CCCCCCCCCCCCCCCCCCCCCCCCCCCC. The molecule has 12 atom stereocenters. The number of carbonyl (C=O) groups excluding carboxylic acids is 1. The van der Waals surface area contributed by atoms with E-state index in [0.717, 1.165) is 109 Å². The normalized spacial score (nSPS) is 22.5. The molecule has 99 heavy (non-hydrogen) atoms. The van der Waals surface area contributed by atoms with Gasteiger partial charge in [0.1, 0.15) is 48.8 Å². The fourth-order valence-corrected chi connectivity index (χ4v) is 12.9. The molecule has 2 heterocycles. The number of rotatable bonds is 67. The molecule has 2 rings (SSSR count). The summed E-state index contributed by atoms with van der Waals surface area (Å²) in [6.07, 6.45) is 81.1. The summed E-state index contributed by atoms with van der Waals surface area (Å²) in [6, 6.07) is -0.839. The molecular weight excluding hydrogens is 1240 g/mol. The lowest BCUT2D eigenvalue weighted by Gasteiger charge is -2.46.